The predicted octanol–water partition coefficient (Wildman–Crippen LogP) is 4.25. The lowest BCUT2D eigenvalue weighted by molar-refractivity contribution is -0.138. The molecule has 0 bridgehead atoms. The van der Waals surface area contributed by atoms with Crippen LogP contribution < -0.4 is 0 Å². The van der Waals surface area contributed by atoms with Crippen molar-refractivity contribution in [1.29, 1.82) is 0 Å². The number of hydrogen-bond acceptors (Lipinski definition) is 2. The first kappa shape index (κ1) is 19.1. The molecule has 3 rings (SSSR count). The zero-order valence-corrected chi connectivity index (χ0v) is 15.2. The van der Waals surface area contributed by atoms with Gasteiger partial charge in [0, 0.05) is 31.2 Å². The van der Waals surface area contributed by atoms with E-state index < -0.39 is 17.9 Å². The van der Waals surface area contributed by atoms with Crippen molar-refractivity contribution >= 4 is 5.91 Å². The normalized spacial score (nSPS) is 24.5. The number of amides is 1. The van der Waals surface area contributed by atoms with E-state index in [9.17, 15) is 22.4 Å². The average molecular weight is 372 g/mol. The summed E-state index contributed by atoms with van der Waals surface area (Å²) in [7, 11) is 0. The molecule has 0 saturated carbocycles. The van der Waals surface area contributed by atoms with Crippen LogP contribution in [0.3, 0.4) is 0 Å². The van der Waals surface area contributed by atoms with E-state index in [1.165, 1.54) is 4.90 Å². The van der Waals surface area contributed by atoms with Gasteiger partial charge in [-0.05, 0) is 56.0 Å². The van der Waals surface area contributed by atoms with Crippen LogP contribution in [0.2, 0.25) is 0 Å². The number of nitrogens with zero attached hydrogens (tertiary/aromatic N) is 2. The lowest BCUT2D eigenvalue weighted by atomic mass is 9.95. The highest BCUT2D eigenvalue weighted by Crippen LogP contribution is 2.39. The van der Waals surface area contributed by atoms with Gasteiger partial charge in [0.15, 0.2) is 0 Å². The Hall–Kier alpha value is -1.63. The Bertz CT molecular complexity index is 702. The van der Waals surface area contributed by atoms with E-state index in [2.05, 4.69) is 0 Å². The Morgan fingerprint density at radius 3 is 2.54 bits per heavy atom. The van der Waals surface area contributed by atoms with Gasteiger partial charge < -0.3 is 4.90 Å². The molecule has 2 aliphatic heterocycles. The molecule has 7 heteroatoms. The maximum absolute atomic E-state index is 13.9. The topological polar surface area (TPSA) is 23.6 Å². The van der Waals surface area contributed by atoms with E-state index in [4.69, 9.17) is 0 Å². The second-order valence-electron chi connectivity index (χ2n) is 7.71. The lowest BCUT2D eigenvalue weighted by Gasteiger charge is -2.33. The number of benzene rings is 1. The summed E-state index contributed by atoms with van der Waals surface area (Å²) in [5.74, 6) is -0.392. The van der Waals surface area contributed by atoms with Crippen LogP contribution in [0, 0.1) is 5.92 Å². The van der Waals surface area contributed by atoms with Gasteiger partial charge in [-0.25, -0.2) is 4.39 Å². The predicted molar refractivity (Wildman–Crippen MR) is 90.4 cm³/mol. The van der Waals surface area contributed by atoms with Crippen molar-refractivity contribution in [3.8, 4) is 0 Å². The second kappa shape index (κ2) is 6.83. The molecule has 2 aliphatic rings. The SMILES string of the molecule is CC1CCN(Cc2cc3c(c(C(F)(F)F)c2)CN(C(C)C)C3=O)CC1F. The lowest BCUT2D eigenvalue weighted by Crippen LogP contribution is -2.40. The molecule has 26 heavy (non-hydrogen) atoms. The fraction of sp³-hybridized carbons (Fsp3) is 0.632. The molecule has 1 aromatic carbocycles. The van der Waals surface area contributed by atoms with E-state index in [0.29, 0.717) is 18.5 Å². The van der Waals surface area contributed by atoms with E-state index in [1.54, 1.807) is 19.9 Å². The van der Waals surface area contributed by atoms with E-state index >= 15 is 0 Å². The Balaban J connectivity index is 1.93. The van der Waals surface area contributed by atoms with Crippen molar-refractivity contribution in [2.24, 2.45) is 5.92 Å². The fourth-order valence-corrected chi connectivity index (χ4v) is 3.74. The van der Waals surface area contributed by atoms with Gasteiger partial charge in [-0.15, -0.1) is 0 Å². The van der Waals surface area contributed by atoms with Crippen LogP contribution in [0.1, 0.15) is 54.2 Å². The molecule has 2 unspecified atom stereocenters. The minimum atomic E-state index is -4.52. The molecule has 1 saturated heterocycles. The van der Waals surface area contributed by atoms with Gasteiger partial charge in [-0.1, -0.05) is 6.92 Å². The highest BCUT2D eigenvalue weighted by molar-refractivity contribution is 5.99. The minimum absolute atomic E-state index is 0.0191. The van der Waals surface area contributed by atoms with Gasteiger partial charge in [0.2, 0.25) is 0 Å². The zero-order valence-electron chi connectivity index (χ0n) is 15.2. The van der Waals surface area contributed by atoms with Crippen LogP contribution in [0.5, 0.6) is 0 Å². The molecule has 2 atom stereocenters. The number of halogens is 4. The average Bonchev–Trinajstić information content (AvgIpc) is 2.87. The number of carbonyl (C=O) groups is 1. The van der Waals surface area contributed by atoms with Gasteiger partial charge in [-0.3, -0.25) is 9.69 Å². The van der Waals surface area contributed by atoms with Crippen molar-refractivity contribution in [1.82, 2.24) is 9.80 Å². The Labute approximate surface area is 151 Å². The zero-order chi connectivity index (χ0) is 19.2. The number of fused-ring (bicyclic) bond motifs is 1. The summed E-state index contributed by atoms with van der Waals surface area (Å²) in [4.78, 5) is 15.8. The molecule has 1 fully saturated rings. The molecule has 2 heterocycles. The third kappa shape index (κ3) is 3.59. The molecule has 1 aromatic rings. The summed E-state index contributed by atoms with van der Waals surface area (Å²) in [5.41, 5.74) is -0.151. The first-order valence-corrected chi connectivity index (χ1v) is 8.98. The standard InChI is InChI=1S/C19H24F4N2O/c1-11(2)25-9-15-14(18(25)26)6-13(7-16(15)19(21,22)23)8-24-5-4-12(3)17(20)10-24/h6-7,11-12,17H,4-5,8-10H2,1-3H3. The number of rotatable bonds is 3. The van der Waals surface area contributed by atoms with Crippen LogP contribution in [-0.4, -0.2) is 41.0 Å². The van der Waals surface area contributed by atoms with E-state index in [1.807, 2.05) is 11.8 Å². The minimum Gasteiger partial charge on any atom is -0.332 e. The van der Waals surface area contributed by atoms with Gasteiger partial charge in [0.05, 0.1) is 5.56 Å². The van der Waals surface area contributed by atoms with Crippen LogP contribution in [0.4, 0.5) is 17.6 Å². The largest absolute Gasteiger partial charge is 0.416 e. The van der Waals surface area contributed by atoms with Crippen molar-refractivity contribution in [2.45, 2.75) is 58.7 Å². The molecule has 3 nitrogen and oxygen atoms in total. The molecule has 0 aliphatic carbocycles. The van der Waals surface area contributed by atoms with Crippen molar-refractivity contribution in [2.75, 3.05) is 13.1 Å². The van der Waals surface area contributed by atoms with Crippen molar-refractivity contribution < 1.29 is 22.4 Å². The van der Waals surface area contributed by atoms with Gasteiger partial charge in [-0.2, -0.15) is 13.2 Å². The molecule has 0 aromatic heterocycles. The highest BCUT2D eigenvalue weighted by atomic mass is 19.4. The third-order valence-corrected chi connectivity index (χ3v) is 5.42. The van der Waals surface area contributed by atoms with E-state index in [-0.39, 0.29) is 48.6 Å². The van der Waals surface area contributed by atoms with Crippen molar-refractivity contribution in [3.05, 3.63) is 34.4 Å². The smallest absolute Gasteiger partial charge is 0.332 e. The summed E-state index contributed by atoms with van der Waals surface area (Å²) in [6, 6.07) is 2.51. The van der Waals surface area contributed by atoms with Crippen LogP contribution >= 0.6 is 0 Å². The highest BCUT2D eigenvalue weighted by Gasteiger charge is 2.40. The quantitative estimate of drug-likeness (QED) is 0.741. The molecular weight excluding hydrogens is 348 g/mol. The molecule has 0 spiro atoms. The summed E-state index contributed by atoms with van der Waals surface area (Å²) in [5, 5.41) is 0. The van der Waals surface area contributed by atoms with Gasteiger partial charge in [0.25, 0.3) is 5.91 Å². The van der Waals surface area contributed by atoms with Crippen LogP contribution in [-0.2, 0) is 19.3 Å². The van der Waals surface area contributed by atoms with E-state index in [0.717, 1.165) is 6.07 Å². The van der Waals surface area contributed by atoms with Crippen LogP contribution in [0.25, 0.3) is 0 Å². The van der Waals surface area contributed by atoms with Gasteiger partial charge >= 0.3 is 6.18 Å². The number of likely N-dealkylation sites (tertiary alicyclic amines) is 1. The Morgan fingerprint density at radius 1 is 1.27 bits per heavy atom. The summed E-state index contributed by atoms with van der Waals surface area (Å²) in [6.07, 6.45) is -4.82. The number of carbonyl (C=O) groups excluding carboxylic acids is 1. The maximum Gasteiger partial charge on any atom is 0.416 e. The number of hydrogen-bond donors (Lipinski definition) is 0. The summed E-state index contributed by atoms with van der Waals surface area (Å²) in [6.45, 7) is 6.48. The molecule has 144 valence electrons. The Morgan fingerprint density at radius 2 is 1.96 bits per heavy atom. The second-order valence-corrected chi connectivity index (χ2v) is 7.71. The number of piperidine rings is 1. The first-order chi connectivity index (χ1) is 12.1. The number of alkyl halides is 4. The van der Waals surface area contributed by atoms with Crippen LogP contribution in [0.15, 0.2) is 12.1 Å². The molecule has 0 radical (unpaired) electrons. The third-order valence-electron chi connectivity index (χ3n) is 5.42. The molecule has 0 N–H and O–H groups in total. The first-order valence-electron chi connectivity index (χ1n) is 8.98. The summed E-state index contributed by atoms with van der Waals surface area (Å²) >= 11 is 0. The monoisotopic (exact) mass is 372 g/mol. The molecule has 1 amide bonds. The van der Waals surface area contributed by atoms with Crippen molar-refractivity contribution in [3.63, 3.8) is 0 Å². The summed E-state index contributed by atoms with van der Waals surface area (Å²) < 4.78 is 54.6. The molecular formula is C19H24F4N2O. The van der Waals surface area contributed by atoms with Gasteiger partial charge in [0.1, 0.15) is 6.17 Å². The maximum atomic E-state index is 13.9. The fourth-order valence-electron chi connectivity index (χ4n) is 3.74. The Kier molecular flexibility index (Phi) is 5.03.